The number of anilines is 1. The van der Waals surface area contributed by atoms with Gasteiger partial charge in [0, 0.05) is 28.8 Å². The lowest BCUT2D eigenvalue weighted by Crippen LogP contribution is -2.57. The lowest BCUT2D eigenvalue weighted by Gasteiger charge is -2.40. The van der Waals surface area contributed by atoms with E-state index in [-0.39, 0.29) is 23.7 Å². The summed E-state index contributed by atoms with van der Waals surface area (Å²) in [6, 6.07) is 20.7. The first kappa shape index (κ1) is 34.3. The number of piperidine rings is 1. The van der Waals surface area contributed by atoms with E-state index in [0.717, 1.165) is 29.0 Å². The predicted molar refractivity (Wildman–Crippen MR) is 177 cm³/mol. The van der Waals surface area contributed by atoms with Crippen LogP contribution in [0.1, 0.15) is 84.3 Å². The number of carbonyl (C=O) groups is 1. The third-order valence-electron chi connectivity index (χ3n) is 9.18. The summed E-state index contributed by atoms with van der Waals surface area (Å²) in [6.07, 6.45) is -2.45. The molecule has 6 rings (SSSR count). The quantitative estimate of drug-likeness (QED) is 0.102. The first-order valence-corrected chi connectivity index (χ1v) is 16.2. The molecule has 0 saturated carbocycles. The van der Waals surface area contributed by atoms with Gasteiger partial charge in [0.05, 0.1) is 12.6 Å². The molecule has 3 aromatic carbocycles. The molecule has 5 unspecified atom stereocenters. The number of aliphatic hydroxyl groups is 4. The minimum absolute atomic E-state index is 0.0150. The van der Waals surface area contributed by atoms with Crippen LogP contribution in [0, 0.1) is 0 Å². The Morgan fingerprint density at radius 2 is 1.61 bits per heavy atom. The molecule has 1 amide bonds. The lowest BCUT2D eigenvalue weighted by atomic mass is 9.78. The zero-order chi connectivity index (χ0) is 34.7. The zero-order valence-electron chi connectivity index (χ0n) is 27.3. The Balaban J connectivity index is 0.956. The predicted octanol–water partition coefficient (Wildman–Crippen LogP) is 2.64. The molecule has 5 atom stereocenters. The Morgan fingerprint density at radius 3 is 2.24 bits per heavy atom. The van der Waals surface area contributed by atoms with Crippen molar-refractivity contribution in [1.82, 2.24) is 20.4 Å². The van der Waals surface area contributed by atoms with Gasteiger partial charge in [0.25, 0.3) is 17.6 Å². The van der Waals surface area contributed by atoms with Crippen molar-refractivity contribution < 1.29 is 39.2 Å². The van der Waals surface area contributed by atoms with E-state index in [1.54, 1.807) is 6.07 Å². The summed E-state index contributed by atoms with van der Waals surface area (Å²) in [5.74, 6) is 0.590. The molecule has 1 saturated heterocycles. The van der Waals surface area contributed by atoms with Crippen molar-refractivity contribution in [2.24, 2.45) is 5.73 Å². The first-order valence-electron chi connectivity index (χ1n) is 16.2. The van der Waals surface area contributed by atoms with Gasteiger partial charge in [-0.2, -0.15) is 4.98 Å². The maximum absolute atomic E-state index is 11.1. The minimum atomic E-state index is -1.08. The van der Waals surface area contributed by atoms with Crippen LogP contribution in [0.4, 0.5) is 5.69 Å². The average molecular weight is 675 g/mol. The number of hydrogen-bond acceptors (Lipinski definition) is 13. The number of carbonyl (C=O) groups excluding carboxylic acids is 1. The standard InChI is InChI=1S/C35H42N6O8/c1-35(2,21-6-11-24(12-7-21)48-19-29-39-31(30(36)43)40-49-29)20-4-9-23(10-5-20)47-17-3-16-37-22-8-13-25-26(18-22)34(46)41(33(25)45)27-14-15-28(42)38-32(27)44/h4-13,18,27-28,32-34,37-38,42,44-46H,3,14-17,19H2,1-2H3,(H2,36,43). The second kappa shape index (κ2) is 14.5. The van der Waals surface area contributed by atoms with Gasteiger partial charge in [0.1, 0.15) is 36.4 Å². The highest BCUT2D eigenvalue weighted by molar-refractivity contribution is 5.88. The van der Waals surface area contributed by atoms with Crippen LogP contribution in [0.3, 0.4) is 0 Å². The number of benzene rings is 3. The molecule has 49 heavy (non-hydrogen) atoms. The van der Waals surface area contributed by atoms with Crippen LogP contribution in [0.25, 0.3) is 0 Å². The van der Waals surface area contributed by atoms with E-state index in [0.29, 0.717) is 42.9 Å². The van der Waals surface area contributed by atoms with Crippen LogP contribution >= 0.6 is 0 Å². The number of ether oxygens (including phenoxy) is 2. The molecule has 0 radical (unpaired) electrons. The number of nitrogens with zero attached hydrogens (tertiary/aromatic N) is 3. The highest BCUT2D eigenvalue weighted by Gasteiger charge is 2.44. The van der Waals surface area contributed by atoms with Crippen molar-refractivity contribution in [3.05, 3.63) is 101 Å². The minimum Gasteiger partial charge on any atom is -0.494 e. The Hall–Kier alpha value is -4.57. The van der Waals surface area contributed by atoms with Crippen molar-refractivity contribution >= 4 is 11.6 Å². The fourth-order valence-corrected chi connectivity index (χ4v) is 6.31. The number of aromatic nitrogens is 2. The molecule has 2 aliphatic rings. The number of primary amides is 1. The number of hydrogen-bond donors (Lipinski definition) is 7. The topological polar surface area (TPSA) is 209 Å². The summed E-state index contributed by atoms with van der Waals surface area (Å²) in [6.45, 7) is 5.45. The number of nitrogens with two attached hydrogens (primary N) is 1. The maximum Gasteiger partial charge on any atom is 0.290 e. The van der Waals surface area contributed by atoms with Crippen LogP contribution < -0.4 is 25.8 Å². The van der Waals surface area contributed by atoms with E-state index < -0.39 is 36.9 Å². The van der Waals surface area contributed by atoms with Gasteiger partial charge in [0.2, 0.25) is 0 Å². The Bertz CT molecular complexity index is 1730. The molecule has 0 spiro atoms. The first-order chi connectivity index (χ1) is 23.5. The summed E-state index contributed by atoms with van der Waals surface area (Å²) in [5, 5.41) is 51.6. The van der Waals surface area contributed by atoms with Gasteiger partial charge in [-0.1, -0.05) is 49.3 Å². The number of rotatable bonds is 13. The van der Waals surface area contributed by atoms with Crippen molar-refractivity contribution in [1.29, 1.82) is 0 Å². The van der Waals surface area contributed by atoms with E-state index in [4.69, 9.17) is 19.7 Å². The fraction of sp³-hybridized carbons (Fsp3) is 0.400. The molecule has 2 aliphatic heterocycles. The number of fused-ring (bicyclic) bond motifs is 1. The third kappa shape index (κ3) is 7.54. The molecule has 1 aromatic heterocycles. The molecule has 0 aliphatic carbocycles. The molecule has 4 aromatic rings. The van der Waals surface area contributed by atoms with Crippen molar-refractivity contribution in [3.8, 4) is 11.5 Å². The molecule has 1 fully saturated rings. The Morgan fingerprint density at radius 1 is 0.959 bits per heavy atom. The van der Waals surface area contributed by atoms with Crippen molar-refractivity contribution in [3.63, 3.8) is 0 Å². The van der Waals surface area contributed by atoms with Gasteiger partial charge in [-0.3, -0.25) is 10.1 Å². The van der Waals surface area contributed by atoms with Gasteiger partial charge in [-0.05, 0) is 66.8 Å². The van der Waals surface area contributed by atoms with Crippen LogP contribution in [0.15, 0.2) is 71.3 Å². The van der Waals surface area contributed by atoms with Gasteiger partial charge in [0.15, 0.2) is 6.61 Å². The van der Waals surface area contributed by atoms with Gasteiger partial charge in [-0.15, -0.1) is 0 Å². The van der Waals surface area contributed by atoms with E-state index in [2.05, 4.69) is 46.8 Å². The smallest absolute Gasteiger partial charge is 0.290 e. The normalized spacial score (nSPS) is 22.4. The molecule has 260 valence electrons. The molecule has 14 nitrogen and oxygen atoms in total. The van der Waals surface area contributed by atoms with Gasteiger partial charge < -0.3 is 45.5 Å². The molecule has 0 bridgehead atoms. The summed E-state index contributed by atoms with van der Waals surface area (Å²) >= 11 is 0. The number of aliphatic hydroxyl groups excluding tert-OH is 4. The highest BCUT2D eigenvalue weighted by atomic mass is 16.5. The molecular formula is C35H42N6O8. The summed E-state index contributed by atoms with van der Waals surface area (Å²) < 4.78 is 16.7. The second-order valence-electron chi connectivity index (χ2n) is 12.8. The Kier molecular flexibility index (Phi) is 10.2. The van der Waals surface area contributed by atoms with E-state index in [9.17, 15) is 25.2 Å². The average Bonchev–Trinajstić information content (AvgIpc) is 3.67. The molecule has 14 heteroatoms. The summed E-state index contributed by atoms with van der Waals surface area (Å²) in [7, 11) is 0. The highest BCUT2D eigenvalue weighted by Crippen LogP contribution is 2.43. The SMILES string of the molecule is CC(C)(c1ccc(OCCCNc2ccc3c(c2)C(O)N(C2CCC(O)NC2O)C3O)cc1)c1ccc(OCc2nc(C(N)=O)no2)cc1. The van der Waals surface area contributed by atoms with Gasteiger partial charge >= 0.3 is 0 Å². The third-order valence-corrected chi connectivity index (χ3v) is 9.18. The van der Waals surface area contributed by atoms with Crippen LogP contribution in [-0.2, 0) is 12.0 Å². The fourth-order valence-electron chi connectivity index (χ4n) is 6.31. The summed E-state index contributed by atoms with van der Waals surface area (Å²) in [4.78, 5) is 16.5. The Labute approximate surface area is 283 Å². The van der Waals surface area contributed by atoms with E-state index in [1.165, 1.54) is 4.90 Å². The van der Waals surface area contributed by atoms with Crippen LogP contribution in [-0.4, -0.2) is 73.0 Å². The van der Waals surface area contributed by atoms with E-state index >= 15 is 0 Å². The lowest BCUT2D eigenvalue weighted by molar-refractivity contribution is -0.159. The number of nitrogens with one attached hydrogen (secondary N) is 2. The molecule has 8 N–H and O–H groups in total. The van der Waals surface area contributed by atoms with Crippen molar-refractivity contribution in [2.45, 2.75) is 76.1 Å². The van der Waals surface area contributed by atoms with Crippen molar-refractivity contribution in [2.75, 3.05) is 18.5 Å². The maximum atomic E-state index is 11.1. The number of amides is 1. The zero-order valence-corrected chi connectivity index (χ0v) is 27.3. The summed E-state index contributed by atoms with van der Waals surface area (Å²) in [5.41, 5.74) is 9.06. The van der Waals surface area contributed by atoms with Crippen LogP contribution in [0.2, 0.25) is 0 Å². The largest absolute Gasteiger partial charge is 0.494 e. The van der Waals surface area contributed by atoms with Gasteiger partial charge in [-0.25, -0.2) is 4.90 Å². The second-order valence-corrected chi connectivity index (χ2v) is 12.8. The molecular weight excluding hydrogens is 632 g/mol. The monoisotopic (exact) mass is 674 g/mol. The van der Waals surface area contributed by atoms with E-state index in [1.807, 2.05) is 48.5 Å². The molecule has 3 heterocycles. The van der Waals surface area contributed by atoms with Crippen LogP contribution in [0.5, 0.6) is 11.5 Å².